The van der Waals surface area contributed by atoms with Crippen molar-refractivity contribution in [2.75, 3.05) is 5.32 Å². The van der Waals surface area contributed by atoms with Crippen LogP contribution in [0.25, 0.3) is 5.82 Å². The lowest BCUT2D eigenvalue weighted by Gasteiger charge is -2.15. The summed E-state index contributed by atoms with van der Waals surface area (Å²) in [5, 5.41) is 7.59. The molecule has 1 N–H and O–H groups in total. The minimum Gasteiger partial charge on any atom is -0.298 e. The summed E-state index contributed by atoms with van der Waals surface area (Å²) in [7, 11) is 0. The molecule has 0 aliphatic heterocycles. The number of aromatic nitrogens is 5. The Morgan fingerprint density at radius 2 is 2.38 bits per heavy atom. The number of anilines is 1. The first-order valence-electron chi connectivity index (χ1n) is 7.80. The van der Waals surface area contributed by atoms with Crippen molar-refractivity contribution in [1.29, 1.82) is 0 Å². The van der Waals surface area contributed by atoms with Crippen molar-refractivity contribution < 1.29 is 4.79 Å². The van der Waals surface area contributed by atoms with Gasteiger partial charge in [0.15, 0.2) is 10.9 Å². The molecule has 24 heavy (non-hydrogen) atoms. The lowest BCUT2D eigenvalue weighted by Crippen LogP contribution is -2.16. The van der Waals surface area contributed by atoms with Gasteiger partial charge in [-0.1, -0.05) is 6.92 Å². The highest BCUT2D eigenvalue weighted by atomic mass is 32.1. The standard InChI is InChI=1S/C16H16N6OS/c1-10-4-5-12-13(7-10)24-16(20-12)21-15(23)11-3-2-6-18-14(11)22-9-17-8-19-22/h2-3,6,8-10H,4-5,7H2,1H3,(H,20,21,23)/t10-/m1/s1. The molecule has 1 atom stereocenters. The van der Waals surface area contributed by atoms with Gasteiger partial charge in [-0.15, -0.1) is 11.3 Å². The van der Waals surface area contributed by atoms with E-state index in [0.717, 1.165) is 25.0 Å². The van der Waals surface area contributed by atoms with Gasteiger partial charge in [-0.05, 0) is 37.3 Å². The van der Waals surface area contributed by atoms with Crippen molar-refractivity contribution in [1.82, 2.24) is 24.7 Å². The Bertz CT molecular complexity index is 873. The Kier molecular flexibility index (Phi) is 3.81. The van der Waals surface area contributed by atoms with Gasteiger partial charge in [-0.2, -0.15) is 5.10 Å². The second-order valence-electron chi connectivity index (χ2n) is 5.91. The van der Waals surface area contributed by atoms with Gasteiger partial charge in [-0.3, -0.25) is 10.1 Å². The molecule has 1 amide bonds. The Morgan fingerprint density at radius 1 is 1.46 bits per heavy atom. The number of fused-ring (bicyclic) bond motifs is 1. The largest absolute Gasteiger partial charge is 0.298 e. The molecule has 3 aromatic rings. The molecule has 0 saturated carbocycles. The molecule has 4 rings (SSSR count). The molecule has 0 bridgehead atoms. The lowest BCUT2D eigenvalue weighted by atomic mass is 9.93. The molecular weight excluding hydrogens is 324 g/mol. The fourth-order valence-electron chi connectivity index (χ4n) is 2.83. The molecule has 3 heterocycles. The third kappa shape index (κ3) is 2.80. The number of rotatable bonds is 3. The molecule has 0 radical (unpaired) electrons. The van der Waals surface area contributed by atoms with E-state index in [-0.39, 0.29) is 5.91 Å². The van der Waals surface area contributed by atoms with E-state index >= 15 is 0 Å². The fraction of sp³-hybridized carbons (Fsp3) is 0.312. The van der Waals surface area contributed by atoms with Crippen LogP contribution in [0.15, 0.2) is 31.0 Å². The zero-order valence-corrected chi connectivity index (χ0v) is 14.0. The normalized spacial score (nSPS) is 16.6. The predicted octanol–water partition coefficient (Wildman–Crippen LogP) is 2.50. The monoisotopic (exact) mass is 340 g/mol. The maximum Gasteiger partial charge on any atom is 0.261 e. The van der Waals surface area contributed by atoms with Crippen molar-refractivity contribution in [3.63, 3.8) is 0 Å². The SMILES string of the molecule is C[C@@H]1CCc2nc(NC(=O)c3cccnc3-n3cncn3)sc2C1. The molecule has 0 saturated heterocycles. The van der Waals surface area contributed by atoms with Crippen molar-refractivity contribution in [3.05, 3.63) is 47.1 Å². The molecule has 1 aliphatic carbocycles. The lowest BCUT2D eigenvalue weighted by molar-refractivity contribution is 0.102. The zero-order chi connectivity index (χ0) is 16.5. The maximum absolute atomic E-state index is 12.7. The van der Waals surface area contributed by atoms with Crippen LogP contribution in [0.3, 0.4) is 0 Å². The summed E-state index contributed by atoms with van der Waals surface area (Å²) in [5.41, 5.74) is 1.56. The zero-order valence-electron chi connectivity index (χ0n) is 13.1. The molecular formula is C16H16N6OS. The second-order valence-corrected chi connectivity index (χ2v) is 6.99. The van der Waals surface area contributed by atoms with E-state index in [9.17, 15) is 4.79 Å². The number of carbonyl (C=O) groups excluding carboxylic acids is 1. The van der Waals surface area contributed by atoms with E-state index in [4.69, 9.17) is 0 Å². The molecule has 0 spiro atoms. The van der Waals surface area contributed by atoms with E-state index in [2.05, 4.69) is 32.3 Å². The van der Waals surface area contributed by atoms with E-state index < -0.39 is 0 Å². The number of aryl methyl sites for hydroxylation is 1. The van der Waals surface area contributed by atoms with E-state index in [1.165, 1.54) is 22.2 Å². The third-order valence-electron chi connectivity index (χ3n) is 4.07. The first-order valence-corrected chi connectivity index (χ1v) is 8.62. The summed E-state index contributed by atoms with van der Waals surface area (Å²) in [6.45, 7) is 2.25. The van der Waals surface area contributed by atoms with Gasteiger partial charge < -0.3 is 0 Å². The maximum atomic E-state index is 12.7. The molecule has 1 aliphatic rings. The van der Waals surface area contributed by atoms with Gasteiger partial charge in [-0.25, -0.2) is 19.6 Å². The van der Waals surface area contributed by atoms with Gasteiger partial charge in [0.1, 0.15) is 12.7 Å². The summed E-state index contributed by atoms with van der Waals surface area (Å²) in [6.07, 6.45) is 7.73. The number of carbonyl (C=O) groups is 1. The first kappa shape index (κ1) is 14.9. The van der Waals surface area contributed by atoms with Gasteiger partial charge in [0.2, 0.25) is 0 Å². The Balaban J connectivity index is 1.60. The van der Waals surface area contributed by atoms with Crippen LogP contribution >= 0.6 is 11.3 Å². The Labute approximate surface area is 142 Å². The highest BCUT2D eigenvalue weighted by Crippen LogP contribution is 2.32. The fourth-order valence-corrected chi connectivity index (χ4v) is 4.00. The second kappa shape index (κ2) is 6.12. The summed E-state index contributed by atoms with van der Waals surface area (Å²) >= 11 is 1.57. The number of amides is 1. The molecule has 8 heteroatoms. The average Bonchev–Trinajstić information content (AvgIpc) is 3.23. The van der Waals surface area contributed by atoms with Crippen LogP contribution in [0.5, 0.6) is 0 Å². The van der Waals surface area contributed by atoms with Crippen LogP contribution in [0.2, 0.25) is 0 Å². The van der Waals surface area contributed by atoms with E-state index in [1.807, 2.05) is 0 Å². The summed E-state index contributed by atoms with van der Waals surface area (Å²) < 4.78 is 1.48. The highest BCUT2D eigenvalue weighted by molar-refractivity contribution is 7.15. The summed E-state index contributed by atoms with van der Waals surface area (Å²) in [4.78, 5) is 26.7. The van der Waals surface area contributed by atoms with Crippen molar-refractivity contribution in [3.8, 4) is 5.82 Å². The quantitative estimate of drug-likeness (QED) is 0.792. The van der Waals surface area contributed by atoms with Crippen LogP contribution in [-0.2, 0) is 12.8 Å². The number of hydrogen-bond donors (Lipinski definition) is 1. The number of nitrogens with one attached hydrogen (secondary N) is 1. The van der Waals surface area contributed by atoms with E-state index in [1.54, 1.807) is 29.7 Å². The van der Waals surface area contributed by atoms with Crippen LogP contribution in [-0.4, -0.2) is 30.6 Å². The van der Waals surface area contributed by atoms with Gasteiger partial charge >= 0.3 is 0 Å². The van der Waals surface area contributed by atoms with Crippen LogP contribution in [0.1, 0.15) is 34.3 Å². The first-order chi connectivity index (χ1) is 11.7. The molecule has 0 unspecified atom stereocenters. The molecule has 3 aromatic heterocycles. The minimum absolute atomic E-state index is 0.243. The minimum atomic E-state index is -0.243. The van der Waals surface area contributed by atoms with Crippen molar-refractivity contribution >= 4 is 22.4 Å². The number of nitrogens with zero attached hydrogens (tertiary/aromatic N) is 5. The third-order valence-corrected chi connectivity index (χ3v) is 5.11. The van der Waals surface area contributed by atoms with Gasteiger partial charge in [0.25, 0.3) is 5.91 Å². The molecule has 7 nitrogen and oxygen atoms in total. The average molecular weight is 340 g/mol. The smallest absolute Gasteiger partial charge is 0.261 e. The van der Waals surface area contributed by atoms with Crippen molar-refractivity contribution in [2.45, 2.75) is 26.2 Å². The number of thiazole rings is 1. The highest BCUT2D eigenvalue weighted by Gasteiger charge is 2.21. The molecule has 0 aromatic carbocycles. The summed E-state index contributed by atoms with van der Waals surface area (Å²) in [5.74, 6) is 0.883. The van der Waals surface area contributed by atoms with Gasteiger partial charge in [0, 0.05) is 11.1 Å². The number of hydrogen-bond acceptors (Lipinski definition) is 6. The Morgan fingerprint density at radius 3 is 3.21 bits per heavy atom. The van der Waals surface area contributed by atoms with Crippen LogP contribution in [0, 0.1) is 5.92 Å². The topological polar surface area (TPSA) is 85.6 Å². The predicted molar refractivity (Wildman–Crippen MR) is 90.4 cm³/mol. The molecule has 0 fully saturated rings. The Hall–Kier alpha value is -2.61. The number of pyridine rings is 1. The van der Waals surface area contributed by atoms with Gasteiger partial charge in [0.05, 0.1) is 11.3 Å². The van der Waals surface area contributed by atoms with Crippen LogP contribution in [0.4, 0.5) is 5.13 Å². The van der Waals surface area contributed by atoms with Crippen molar-refractivity contribution in [2.24, 2.45) is 5.92 Å². The molecule has 122 valence electrons. The van der Waals surface area contributed by atoms with E-state index in [0.29, 0.717) is 22.4 Å². The van der Waals surface area contributed by atoms with Crippen LogP contribution < -0.4 is 5.32 Å². The summed E-state index contributed by atoms with van der Waals surface area (Å²) in [6, 6.07) is 3.44.